The molecular formula is C14H27NO6S. The van der Waals surface area contributed by atoms with Gasteiger partial charge in [-0.25, -0.2) is 0 Å². The first kappa shape index (κ1) is 19.7. The van der Waals surface area contributed by atoms with Crippen LogP contribution in [0.25, 0.3) is 0 Å². The van der Waals surface area contributed by atoms with E-state index in [0.717, 1.165) is 12.8 Å². The van der Waals surface area contributed by atoms with E-state index in [0.29, 0.717) is 24.3 Å². The number of hydrogen-bond donors (Lipinski definition) is 5. The number of rotatable bonds is 9. The van der Waals surface area contributed by atoms with Crippen molar-refractivity contribution in [3.63, 3.8) is 0 Å². The van der Waals surface area contributed by atoms with Gasteiger partial charge in [-0.1, -0.05) is 19.8 Å². The number of hydrogen-bond acceptors (Lipinski definition) is 7. The van der Waals surface area contributed by atoms with E-state index < -0.39 is 30.5 Å². The van der Waals surface area contributed by atoms with Crippen LogP contribution >= 0.6 is 11.8 Å². The summed E-state index contributed by atoms with van der Waals surface area (Å²) in [6.45, 7) is 2.04. The molecule has 6 atom stereocenters. The van der Waals surface area contributed by atoms with Crippen LogP contribution < -0.4 is 5.73 Å². The highest BCUT2D eigenvalue weighted by molar-refractivity contribution is 7.99. The van der Waals surface area contributed by atoms with Crippen molar-refractivity contribution >= 4 is 17.7 Å². The van der Waals surface area contributed by atoms with Crippen LogP contribution in [0.2, 0.25) is 0 Å². The van der Waals surface area contributed by atoms with Crippen molar-refractivity contribution < 1.29 is 30.0 Å². The lowest BCUT2D eigenvalue weighted by molar-refractivity contribution is -0.264. The summed E-state index contributed by atoms with van der Waals surface area (Å²) in [6, 6.07) is -0.881. The Morgan fingerprint density at radius 2 is 2.00 bits per heavy atom. The predicted molar refractivity (Wildman–Crippen MR) is 83.5 cm³/mol. The fraction of sp³-hybridized carbons (Fsp3) is 0.929. The number of carboxylic acids is 1. The topological polar surface area (TPSA) is 133 Å². The van der Waals surface area contributed by atoms with Gasteiger partial charge in [0, 0.05) is 11.7 Å². The van der Waals surface area contributed by atoms with Gasteiger partial charge in [0.25, 0.3) is 0 Å². The largest absolute Gasteiger partial charge is 0.480 e. The lowest BCUT2D eigenvalue weighted by Gasteiger charge is -2.41. The molecule has 0 spiro atoms. The third kappa shape index (κ3) is 5.68. The van der Waals surface area contributed by atoms with E-state index in [1.54, 1.807) is 0 Å². The van der Waals surface area contributed by atoms with E-state index in [4.69, 9.17) is 15.6 Å². The standard InChI is InChI=1S/C14H27NO6S/c1-2-3-4-8-10(21-14(20)12(17)11(8)16)7-22-6-5-9(15)13(18)19/h8-12,14,16-17,20H,2-7,15H2,1H3,(H,18,19). The average molecular weight is 337 g/mol. The van der Waals surface area contributed by atoms with Crippen molar-refractivity contribution in [2.75, 3.05) is 11.5 Å². The van der Waals surface area contributed by atoms with Crippen molar-refractivity contribution in [2.45, 2.75) is 63.3 Å². The number of aliphatic hydroxyl groups excluding tert-OH is 3. The fourth-order valence-corrected chi connectivity index (χ4v) is 3.64. The molecule has 1 heterocycles. The molecule has 1 fully saturated rings. The first-order valence-corrected chi connectivity index (χ1v) is 8.79. The third-order valence-corrected chi connectivity index (χ3v) is 5.02. The maximum Gasteiger partial charge on any atom is 0.320 e. The summed E-state index contributed by atoms with van der Waals surface area (Å²) in [5.41, 5.74) is 5.43. The number of carbonyl (C=O) groups is 1. The smallest absolute Gasteiger partial charge is 0.320 e. The van der Waals surface area contributed by atoms with Crippen LogP contribution in [0.3, 0.4) is 0 Å². The Balaban J connectivity index is 2.47. The van der Waals surface area contributed by atoms with Gasteiger partial charge in [0.2, 0.25) is 0 Å². The average Bonchev–Trinajstić information content (AvgIpc) is 2.48. The molecule has 1 rings (SSSR count). The maximum absolute atomic E-state index is 10.6. The number of carboxylic acid groups (broad SMARTS) is 1. The second-order valence-electron chi connectivity index (χ2n) is 5.66. The van der Waals surface area contributed by atoms with E-state index in [1.165, 1.54) is 11.8 Å². The molecule has 7 nitrogen and oxygen atoms in total. The second kappa shape index (κ2) is 9.69. The number of nitrogens with two attached hydrogens (primary N) is 1. The van der Waals surface area contributed by atoms with Crippen molar-refractivity contribution in [1.82, 2.24) is 0 Å². The third-order valence-electron chi connectivity index (χ3n) is 3.94. The molecular weight excluding hydrogens is 310 g/mol. The van der Waals surface area contributed by atoms with Gasteiger partial charge in [-0.15, -0.1) is 0 Å². The predicted octanol–water partition coefficient (Wildman–Crippen LogP) is -0.233. The van der Waals surface area contributed by atoms with Crippen LogP contribution in [-0.4, -0.2) is 68.5 Å². The molecule has 0 aromatic heterocycles. The van der Waals surface area contributed by atoms with E-state index >= 15 is 0 Å². The Morgan fingerprint density at radius 1 is 1.32 bits per heavy atom. The zero-order chi connectivity index (χ0) is 16.7. The van der Waals surface area contributed by atoms with Gasteiger partial charge in [0.05, 0.1) is 12.2 Å². The Labute approximate surface area is 134 Å². The molecule has 0 amide bonds. The molecule has 130 valence electrons. The van der Waals surface area contributed by atoms with Crippen LogP contribution in [0.1, 0.15) is 32.6 Å². The van der Waals surface area contributed by atoms with Crippen LogP contribution in [0.15, 0.2) is 0 Å². The normalized spacial score (nSPS) is 33.6. The molecule has 1 aliphatic heterocycles. The van der Waals surface area contributed by atoms with Gasteiger partial charge in [-0.2, -0.15) is 11.8 Å². The number of unbranched alkanes of at least 4 members (excludes halogenated alkanes) is 1. The molecule has 0 aliphatic carbocycles. The SMILES string of the molecule is CCCCC1C(CSCCC(N)C(=O)O)OC(O)C(O)C1O. The van der Waals surface area contributed by atoms with Crippen molar-refractivity contribution in [1.29, 1.82) is 0 Å². The Morgan fingerprint density at radius 3 is 2.59 bits per heavy atom. The fourth-order valence-electron chi connectivity index (χ4n) is 2.49. The second-order valence-corrected chi connectivity index (χ2v) is 6.81. The summed E-state index contributed by atoms with van der Waals surface area (Å²) in [5.74, 6) is -0.187. The number of aliphatic hydroxyl groups is 3. The van der Waals surface area contributed by atoms with Crippen LogP contribution in [0.4, 0.5) is 0 Å². The quantitative estimate of drug-likeness (QED) is 0.364. The Kier molecular flexibility index (Phi) is 8.66. The van der Waals surface area contributed by atoms with E-state index in [1.807, 2.05) is 6.92 Å². The molecule has 6 unspecified atom stereocenters. The Hall–Kier alpha value is -0.380. The van der Waals surface area contributed by atoms with Crippen LogP contribution in [0.5, 0.6) is 0 Å². The summed E-state index contributed by atoms with van der Waals surface area (Å²) >= 11 is 1.48. The molecule has 1 aliphatic rings. The maximum atomic E-state index is 10.6. The lowest BCUT2D eigenvalue weighted by atomic mass is 9.86. The van der Waals surface area contributed by atoms with E-state index in [-0.39, 0.29) is 12.0 Å². The van der Waals surface area contributed by atoms with Crippen LogP contribution in [-0.2, 0) is 9.53 Å². The molecule has 0 aromatic carbocycles. The number of ether oxygens (including phenoxy) is 1. The highest BCUT2D eigenvalue weighted by Crippen LogP contribution is 2.31. The number of thioether (sulfide) groups is 1. The molecule has 8 heteroatoms. The summed E-state index contributed by atoms with van der Waals surface area (Å²) < 4.78 is 5.41. The van der Waals surface area contributed by atoms with Gasteiger partial charge in [0.15, 0.2) is 6.29 Å². The van der Waals surface area contributed by atoms with Gasteiger partial charge in [-0.3, -0.25) is 4.79 Å². The molecule has 0 saturated carbocycles. The Bertz CT molecular complexity index is 345. The lowest BCUT2D eigenvalue weighted by Crippen LogP contribution is -2.55. The van der Waals surface area contributed by atoms with E-state index in [2.05, 4.69) is 0 Å². The molecule has 0 aromatic rings. The van der Waals surface area contributed by atoms with Crippen LogP contribution in [0, 0.1) is 5.92 Å². The van der Waals surface area contributed by atoms with Gasteiger partial charge in [0.1, 0.15) is 12.1 Å². The number of aliphatic carboxylic acids is 1. The highest BCUT2D eigenvalue weighted by atomic mass is 32.2. The van der Waals surface area contributed by atoms with Crippen molar-refractivity contribution in [3.8, 4) is 0 Å². The first-order chi connectivity index (χ1) is 10.4. The van der Waals surface area contributed by atoms with E-state index in [9.17, 15) is 20.1 Å². The highest BCUT2D eigenvalue weighted by Gasteiger charge is 2.42. The zero-order valence-electron chi connectivity index (χ0n) is 12.8. The minimum Gasteiger partial charge on any atom is -0.480 e. The minimum absolute atomic E-state index is 0.237. The van der Waals surface area contributed by atoms with Gasteiger partial charge >= 0.3 is 5.97 Å². The summed E-state index contributed by atoms with van der Waals surface area (Å²) in [5, 5.41) is 38.2. The monoisotopic (exact) mass is 337 g/mol. The molecule has 1 saturated heterocycles. The van der Waals surface area contributed by atoms with Gasteiger partial charge < -0.3 is 30.9 Å². The molecule has 22 heavy (non-hydrogen) atoms. The van der Waals surface area contributed by atoms with Gasteiger partial charge in [-0.05, 0) is 18.6 Å². The zero-order valence-corrected chi connectivity index (χ0v) is 13.6. The summed E-state index contributed by atoms with van der Waals surface area (Å²) in [4.78, 5) is 10.6. The first-order valence-electron chi connectivity index (χ1n) is 7.64. The minimum atomic E-state index is -1.39. The molecule has 0 radical (unpaired) electrons. The van der Waals surface area contributed by atoms with Crippen molar-refractivity contribution in [2.24, 2.45) is 11.7 Å². The summed E-state index contributed by atoms with van der Waals surface area (Å²) in [6.07, 6.45) is -1.13. The molecule has 6 N–H and O–H groups in total. The van der Waals surface area contributed by atoms with Crippen molar-refractivity contribution in [3.05, 3.63) is 0 Å². The summed E-state index contributed by atoms with van der Waals surface area (Å²) in [7, 11) is 0. The molecule has 0 bridgehead atoms.